The van der Waals surface area contributed by atoms with Crippen molar-refractivity contribution in [3.8, 4) is 5.75 Å². The average molecular weight is 223 g/mol. The molecule has 0 unspecified atom stereocenters. The number of aromatic carboxylic acids is 1. The molecule has 0 heterocycles. The Morgan fingerprint density at radius 1 is 1.33 bits per heavy atom. The van der Waals surface area contributed by atoms with Gasteiger partial charge in [-0.05, 0) is 18.2 Å². The molecule has 0 amide bonds. The molecule has 0 saturated carbocycles. The van der Waals surface area contributed by atoms with Crippen LogP contribution in [0.5, 0.6) is 5.75 Å². The number of alkyl halides is 3. The van der Waals surface area contributed by atoms with E-state index in [9.17, 15) is 27.5 Å². The summed E-state index contributed by atoms with van der Waals surface area (Å²) < 4.78 is 51.2. The maximum atomic E-state index is 12.7. The van der Waals surface area contributed by atoms with Gasteiger partial charge in [0.1, 0.15) is 11.6 Å². The zero-order valence-corrected chi connectivity index (χ0v) is 6.97. The molecule has 0 atom stereocenters. The second-order valence-corrected chi connectivity index (χ2v) is 2.48. The van der Waals surface area contributed by atoms with Crippen LogP contribution in [0.2, 0.25) is 0 Å². The van der Waals surface area contributed by atoms with Gasteiger partial charge in [-0.3, -0.25) is 0 Å². The van der Waals surface area contributed by atoms with E-state index in [2.05, 4.69) is 4.74 Å². The smallest absolute Gasteiger partial charge is 0.545 e. The zero-order chi connectivity index (χ0) is 11.6. The van der Waals surface area contributed by atoms with Gasteiger partial charge in [-0.1, -0.05) is 0 Å². The van der Waals surface area contributed by atoms with E-state index in [1.807, 2.05) is 0 Å². The molecule has 0 radical (unpaired) electrons. The Balaban J connectivity index is 3.03. The highest BCUT2D eigenvalue weighted by Crippen LogP contribution is 2.24. The first-order chi connectivity index (χ1) is 6.79. The summed E-state index contributed by atoms with van der Waals surface area (Å²) in [5.41, 5.74) is -0.989. The van der Waals surface area contributed by atoms with Crippen LogP contribution in [0.25, 0.3) is 0 Å². The number of carbonyl (C=O) groups excluding carboxylic acids is 1. The molecule has 0 fully saturated rings. The third kappa shape index (κ3) is 3.12. The lowest BCUT2D eigenvalue weighted by molar-refractivity contribution is -0.275. The fourth-order valence-corrected chi connectivity index (χ4v) is 0.858. The lowest BCUT2D eigenvalue weighted by Gasteiger charge is -2.10. The van der Waals surface area contributed by atoms with Gasteiger partial charge in [-0.15, -0.1) is 13.2 Å². The van der Waals surface area contributed by atoms with Crippen molar-refractivity contribution < 1.29 is 32.2 Å². The fourth-order valence-electron chi connectivity index (χ4n) is 0.858. The van der Waals surface area contributed by atoms with E-state index < -0.39 is 29.5 Å². The molecule has 82 valence electrons. The monoisotopic (exact) mass is 223 g/mol. The van der Waals surface area contributed by atoms with Crippen LogP contribution in [0.4, 0.5) is 17.6 Å². The molecule has 3 nitrogen and oxygen atoms in total. The number of ether oxygens (including phenoxy) is 1. The maximum Gasteiger partial charge on any atom is 0.573 e. The number of hydrogen-bond donors (Lipinski definition) is 0. The molecule has 7 heteroatoms. The molecule has 0 aromatic heterocycles. The summed E-state index contributed by atoms with van der Waals surface area (Å²) >= 11 is 0. The van der Waals surface area contributed by atoms with Crippen LogP contribution >= 0.6 is 0 Å². The van der Waals surface area contributed by atoms with Crippen LogP contribution in [0, 0.1) is 5.82 Å². The van der Waals surface area contributed by atoms with Crippen molar-refractivity contribution in [1.29, 1.82) is 0 Å². The molecule has 15 heavy (non-hydrogen) atoms. The van der Waals surface area contributed by atoms with Gasteiger partial charge in [0.05, 0.1) is 5.97 Å². The molecule has 1 aromatic rings. The highest BCUT2D eigenvalue weighted by molar-refractivity contribution is 5.86. The quantitative estimate of drug-likeness (QED) is 0.705. The third-order valence-corrected chi connectivity index (χ3v) is 1.39. The van der Waals surface area contributed by atoms with Gasteiger partial charge >= 0.3 is 6.36 Å². The van der Waals surface area contributed by atoms with E-state index in [0.717, 1.165) is 0 Å². The molecule has 0 aliphatic heterocycles. The topological polar surface area (TPSA) is 49.4 Å². The first kappa shape index (κ1) is 11.3. The summed E-state index contributed by atoms with van der Waals surface area (Å²) in [4.78, 5) is 10.3. The summed E-state index contributed by atoms with van der Waals surface area (Å²) in [6.07, 6.45) is -4.96. The lowest BCUT2D eigenvalue weighted by Crippen LogP contribution is -2.24. The minimum atomic E-state index is -4.96. The van der Waals surface area contributed by atoms with Crippen molar-refractivity contribution in [2.24, 2.45) is 0 Å². The minimum Gasteiger partial charge on any atom is -0.545 e. The molecule has 0 spiro atoms. The van der Waals surface area contributed by atoms with Gasteiger partial charge in [0.25, 0.3) is 0 Å². The van der Waals surface area contributed by atoms with Crippen molar-refractivity contribution in [3.05, 3.63) is 29.6 Å². The second-order valence-electron chi connectivity index (χ2n) is 2.48. The maximum absolute atomic E-state index is 12.7. The summed E-state index contributed by atoms with van der Waals surface area (Å²) in [7, 11) is 0. The largest absolute Gasteiger partial charge is 0.573 e. The van der Waals surface area contributed by atoms with E-state index in [4.69, 9.17) is 0 Å². The molecule has 0 saturated heterocycles. The zero-order valence-electron chi connectivity index (χ0n) is 6.97. The molecule has 0 bridgehead atoms. The van der Waals surface area contributed by atoms with Crippen LogP contribution in [-0.2, 0) is 0 Å². The Bertz CT molecular complexity index is 386. The van der Waals surface area contributed by atoms with Crippen LogP contribution in [-0.4, -0.2) is 12.3 Å². The predicted octanol–water partition coefficient (Wildman–Crippen LogP) is 1.09. The molecule has 1 rings (SSSR count). The average Bonchev–Trinajstić information content (AvgIpc) is 2.05. The summed E-state index contributed by atoms with van der Waals surface area (Å²) in [6, 6.07) is 1.61. The summed E-state index contributed by atoms with van der Waals surface area (Å²) in [6.45, 7) is 0. The SMILES string of the molecule is O=C([O-])c1cc(OC(F)(F)F)ccc1F. The standard InChI is InChI=1S/C8H4F4O3/c9-6-2-1-4(15-8(10,11)12)3-5(6)7(13)14/h1-3H,(H,13,14)/p-1. The molecular weight excluding hydrogens is 220 g/mol. The lowest BCUT2D eigenvalue weighted by atomic mass is 10.2. The summed E-state index contributed by atoms with van der Waals surface area (Å²) in [5.74, 6) is -3.92. The van der Waals surface area contributed by atoms with Crippen molar-refractivity contribution >= 4 is 5.97 Å². The highest BCUT2D eigenvalue weighted by Gasteiger charge is 2.31. The molecule has 1 aromatic carbocycles. The number of carbonyl (C=O) groups is 1. The number of benzene rings is 1. The van der Waals surface area contributed by atoms with Crippen molar-refractivity contribution in [1.82, 2.24) is 0 Å². The van der Waals surface area contributed by atoms with Crippen molar-refractivity contribution in [2.45, 2.75) is 6.36 Å². The van der Waals surface area contributed by atoms with Crippen LogP contribution in [0.3, 0.4) is 0 Å². The van der Waals surface area contributed by atoms with Crippen LogP contribution < -0.4 is 9.84 Å². The van der Waals surface area contributed by atoms with E-state index in [1.165, 1.54) is 0 Å². The van der Waals surface area contributed by atoms with Crippen molar-refractivity contribution in [2.75, 3.05) is 0 Å². The van der Waals surface area contributed by atoms with Gasteiger partial charge in [0.2, 0.25) is 0 Å². The van der Waals surface area contributed by atoms with Gasteiger partial charge < -0.3 is 14.6 Å². The first-order valence-corrected chi connectivity index (χ1v) is 3.56. The van der Waals surface area contributed by atoms with E-state index >= 15 is 0 Å². The number of carboxylic acids is 1. The molecular formula is C8H3F4O3-. The molecule has 0 N–H and O–H groups in total. The van der Waals surface area contributed by atoms with E-state index in [-0.39, 0.29) is 0 Å². The Morgan fingerprint density at radius 3 is 2.40 bits per heavy atom. The third-order valence-electron chi connectivity index (χ3n) is 1.39. The van der Waals surface area contributed by atoms with Crippen molar-refractivity contribution in [3.63, 3.8) is 0 Å². The van der Waals surface area contributed by atoms with Gasteiger partial charge in [-0.2, -0.15) is 0 Å². The normalized spacial score (nSPS) is 11.2. The van der Waals surface area contributed by atoms with E-state index in [1.54, 1.807) is 0 Å². The van der Waals surface area contributed by atoms with Crippen LogP contribution in [0.1, 0.15) is 10.4 Å². The number of halogens is 4. The molecule has 0 aliphatic rings. The first-order valence-electron chi connectivity index (χ1n) is 3.56. The Kier molecular flexibility index (Phi) is 2.83. The highest BCUT2D eigenvalue weighted by atomic mass is 19.4. The number of carboxylic acid groups (broad SMARTS) is 1. The fraction of sp³-hybridized carbons (Fsp3) is 0.125. The van der Waals surface area contributed by atoms with Gasteiger partial charge in [0, 0.05) is 5.56 Å². The van der Waals surface area contributed by atoms with Gasteiger partial charge in [-0.25, -0.2) is 4.39 Å². The Hall–Kier alpha value is -1.79. The predicted molar refractivity (Wildman–Crippen MR) is 37.4 cm³/mol. The van der Waals surface area contributed by atoms with Crippen LogP contribution in [0.15, 0.2) is 18.2 Å². The minimum absolute atomic E-state index is 0.401. The number of hydrogen-bond acceptors (Lipinski definition) is 3. The van der Waals surface area contributed by atoms with Gasteiger partial charge in [0.15, 0.2) is 0 Å². The Morgan fingerprint density at radius 2 is 1.93 bits per heavy atom. The second kappa shape index (κ2) is 3.76. The Labute approximate surface area is 80.9 Å². The summed E-state index contributed by atoms with van der Waals surface area (Å²) in [5, 5.41) is 10.3. The van der Waals surface area contributed by atoms with E-state index in [0.29, 0.717) is 18.2 Å². The molecule has 0 aliphatic carbocycles. The number of rotatable bonds is 2.